The van der Waals surface area contributed by atoms with Gasteiger partial charge in [-0.05, 0) is 43.2 Å². The van der Waals surface area contributed by atoms with E-state index in [1.165, 1.54) is 19.2 Å². The van der Waals surface area contributed by atoms with Gasteiger partial charge in [-0.3, -0.25) is 0 Å². The number of aryl methyl sites for hydroxylation is 2. The van der Waals surface area contributed by atoms with E-state index in [-0.39, 0.29) is 5.56 Å². The lowest BCUT2D eigenvalue weighted by atomic mass is 9.94. The molecule has 1 N–H and O–H groups in total. The zero-order valence-electron chi connectivity index (χ0n) is 11.6. The molecule has 106 valence electrons. The molecule has 0 aliphatic carbocycles. The van der Waals surface area contributed by atoms with Crippen LogP contribution in [-0.2, 0) is 0 Å². The zero-order chi connectivity index (χ0) is 14.9. The molecule has 0 aliphatic heterocycles. The summed E-state index contributed by atoms with van der Waals surface area (Å²) >= 11 is 5.73. The summed E-state index contributed by atoms with van der Waals surface area (Å²) in [4.78, 5) is 0. The minimum Gasteiger partial charge on any atom is -0.496 e. The van der Waals surface area contributed by atoms with Crippen LogP contribution < -0.4 is 4.74 Å². The Hall–Kier alpha value is -1.58. The van der Waals surface area contributed by atoms with Gasteiger partial charge in [-0.1, -0.05) is 23.7 Å². The van der Waals surface area contributed by atoms with Gasteiger partial charge in [0.2, 0.25) is 0 Å². The maximum atomic E-state index is 13.9. The average molecular weight is 295 g/mol. The molecule has 0 saturated carbocycles. The molecule has 0 bridgehead atoms. The molecule has 0 aliphatic rings. The highest BCUT2D eigenvalue weighted by molar-refractivity contribution is 6.30. The Bertz CT molecular complexity index is 641. The average Bonchev–Trinajstić information content (AvgIpc) is 2.37. The number of methoxy groups -OCH3 is 1. The Balaban J connectivity index is 2.55. The number of aliphatic hydroxyl groups is 1. The predicted octanol–water partition coefficient (Wildman–Crippen LogP) is 4.19. The molecule has 2 rings (SSSR count). The number of rotatable bonds is 3. The van der Waals surface area contributed by atoms with Crippen LogP contribution in [0.25, 0.3) is 0 Å². The maximum Gasteiger partial charge on any atom is 0.130 e. The molecule has 1 atom stereocenters. The summed E-state index contributed by atoms with van der Waals surface area (Å²) in [7, 11) is 1.53. The molecule has 0 amide bonds. The highest BCUT2D eigenvalue weighted by atomic mass is 35.5. The molecule has 0 heterocycles. The summed E-state index contributed by atoms with van der Waals surface area (Å²) in [5.74, 6) is 0.0105. The van der Waals surface area contributed by atoms with E-state index in [4.69, 9.17) is 16.3 Å². The Morgan fingerprint density at radius 3 is 2.50 bits per heavy atom. The molecule has 1 unspecified atom stereocenters. The number of aliphatic hydroxyl groups excluding tert-OH is 1. The van der Waals surface area contributed by atoms with Crippen molar-refractivity contribution in [2.24, 2.45) is 0 Å². The Morgan fingerprint density at radius 2 is 1.90 bits per heavy atom. The van der Waals surface area contributed by atoms with Crippen LogP contribution in [0.15, 0.2) is 30.3 Å². The third kappa shape index (κ3) is 2.79. The van der Waals surface area contributed by atoms with E-state index in [2.05, 4.69) is 0 Å². The largest absolute Gasteiger partial charge is 0.496 e. The van der Waals surface area contributed by atoms with Crippen molar-refractivity contribution in [2.45, 2.75) is 20.0 Å². The van der Waals surface area contributed by atoms with Crippen LogP contribution in [-0.4, -0.2) is 12.2 Å². The number of benzene rings is 2. The molecule has 2 aromatic carbocycles. The van der Waals surface area contributed by atoms with Crippen molar-refractivity contribution in [2.75, 3.05) is 7.11 Å². The van der Waals surface area contributed by atoms with E-state index in [1.807, 2.05) is 26.0 Å². The normalized spacial score (nSPS) is 12.3. The minimum absolute atomic E-state index is 0.180. The summed E-state index contributed by atoms with van der Waals surface area (Å²) in [6.45, 7) is 3.80. The van der Waals surface area contributed by atoms with Gasteiger partial charge in [-0.25, -0.2) is 4.39 Å². The summed E-state index contributed by atoms with van der Waals surface area (Å²) in [5, 5.41) is 10.8. The molecule has 20 heavy (non-hydrogen) atoms. The van der Waals surface area contributed by atoms with Gasteiger partial charge in [0.25, 0.3) is 0 Å². The standard InChI is InChI=1S/C16H16ClFO2/c1-9-6-10(2)15(14(7-9)20-3)16(19)12-5-4-11(17)8-13(12)18/h4-8,16,19H,1-3H3. The second-order valence-electron chi connectivity index (χ2n) is 4.77. The lowest BCUT2D eigenvalue weighted by Gasteiger charge is -2.19. The van der Waals surface area contributed by atoms with E-state index in [9.17, 15) is 9.50 Å². The van der Waals surface area contributed by atoms with Gasteiger partial charge < -0.3 is 9.84 Å². The first-order valence-electron chi connectivity index (χ1n) is 6.22. The topological polar surface area (TPSA) is 29.5 Å². The van der Waals surface area contributed by atoms with Crippen molar-refractivity contribution >= 4 is 11.6 Å². The summed E-state index contributed by atoms with van der Waals surface area (Å²) < 4.78 is 19.3. The van der Waals surface area contributed by atoms with E-state index < -0.39 is 11.9 Å². The first-order valence-corrected chi connectivity index (χ1v) is 6.60. The predicted molar refractivity (Wildman–Crippen MR) is 77.9 cm³/mol. The van der Waals surface area contributed by atoms with Crippen molar-refractivity contribution in [3.63, 3.8) is 0 Å². The molecule has 0 saturated heterocycles. The van der Waals surface area contributed by atoms with Crippen LogP contribution in [0.2, 0.25) is 5.02 Å². The number of hydrogen-bond donors (Lipinski definition) is 1. The Morgan fingerprint density at radius 1 is 1.20 bits per heavy atom. The minimum atomic E-state index is -1.09. The third-order valence-corrected chi connectivity index (χ3v) is 3.48. The van der Waals surface area contributed by atoms with Crippen LogP contribution in [0.1, 0.15) is 28.4 Å². The molecule has 0 spiro atoms. The first-order chi connectivity index (χ1) is 9.43. The molecule has 4 heteroatoms. The van der Waals surface area contributed by atoms with Gasteiger partial charge in [-0.2, -0.15) is 0 Å². The fourth-order valence-corrected chi connectivity index (χ4v) is 2.50. The van der Waals surface area contributed by atoms with E-state index in [1.54, 1.807) is 6.07 Å². The SMILES string of the molecule is COc1cc(C)cc(C)c1C(O)c1ccc(Cl)cc1F. The number of hydrogen-bond acceptors (Lipinski definition) is 2. The van der Waals surface area contributed by atoms with Gasteiger partial charge >= 0.3 is 0 Å². The van der Waals surface area contributed by atoms with Gasteiger partial charge in [-0.15, -0.1) is 0 Å². The van der Waals surface area contributed by atoms with Crippen molar-refractivity contribution in [3.8, 4) is 5.75 Å². The molecular weight excluding hydrogens is 279 g/mol. The van der Waals surface area contributed by atoms with Gasteiger partial charge in [0.1, 0.15) is 17.7 Å². The van der Waals surface area contributed by atoms with E-state index in [0.717, 1.165) is 11.1 Å². The lowest BCUT2D eigenvalue weighted by molar-refractivity contribution is 0.209. The second-order valence-corrected chi connectivity index (χ2v) is 5.20. The number of halogens is 2. The van der Waals surface area contributed by atoms with E-state index in [0.29, 0.717) is 16.3 Å². The smallest absolute Gasteiger partial charge is 0.130 e. The Labute approximate surface area is 122 Å². The summed E-state index contributed by atoms with van der Waals surface area (Å²) in [6.07, 6.45) is -1.09. The second kappa shape index (κ2) is 5.81. The number of ether oxygens (including phenoxy) is 1. The van der Waals surface area contributed by atoms with Crippen LogP contribution in [0.4, 0.5) is 4.39 Å². The van der Waals surface area contributed by atoms with Crippen molar-refractivity contribution in [3.05, 3.63) is 63.4 Å². The third-order valence-electron chi connectivity index (χ3n) is 3.24. The fraction of sp³-hybridized carbons (Fsp3) is 0.250. The van der Waals surface area contributed by atoms with Crippen LogP contribution in [0.5, 0.6) is 5.75 Å². The fourth-order valence-electron chi connectivity index (χ4n) is 2.34. The zero-order valence-corrected chi connectivity index (χ0v) is 12.3. The Kier molecular flexibility index (Phi) is 4.31. The lowest BCUT2D eigenvalue weighted by Crippen LogP contribution is -2.07. The molecule has 2 aromatic rings. The molecule has 2 nitrogen and oxygen atoms in total. The molecule has 0 aromatic heterocycles. The molecule has 0 fully saturated rings. The first kappa shape index (κ1) is 14.8. The highest BCUT2D eigenvalue weighted by Gasteiger charge is 2.21. The van der Waals surface area contributed by atoms with Gasteiger partial charge in [0.15, 0.2) is 0 Å². The maximum absolute atomic E-state index is 13.9. The molecule has 0 radical (unpaired) electrons. The van der Waals surface area contributed by atoms with Crippen LogP contribution >= 0.6 is 11.6 Å². The van der Waals surface area contributed by atoms with Crippen molar-refractivity contribution in [1.82, 2.24) is 0 Å². The highest BCUT2D eigenvalue weighted by Crippen LogP contribution is 2.35. The summed E-state index contributed by atoms with van der Waals surface area (Å²) in [5.41, 5.74) is 2.62. The van der Waals surface area contributed by atoms with Gasteiger partial charge in [0, 0.05) is 16.1 Å². The van der Waals surface area contributed by atoms with Crippen LogP contribution in [0.3, 0.4) is 0 Å². The van der Waals surface area contributed by atoms with Crippen molar-refractivity contribution in [1.29, 1.82) is 0 Å². The van der Waals surface area contributed by atoms with Gasteiger partial charge in [0.05, 0.1) is 7.11 Å². The quantitative estimate of drug-likeness (QED) is 0.920. The van der Waals surface area contributed by atoms with Crippen molar-refractivity contribution < 1.29 is 14.2 Å². The van der Waals surface area contributed by atoms with Crippen LogP contribution in [0, 0.1) is 19.7 Å². The van der Waals surface area contributed by atoms with E-state index >= 15 is 0 Å². The monoisotopic (exact) mass is 294 g/mol. The molecular formula is C16H16ClFO2. The summed E-state index contributed by atoms with van der Waals surface area (Å²) in [6, 6.07) is 7.98.